The van der Waals surface area contributed by atoms with Gasteiger partial charge in [-0.1, -0.05) is 0 Å². The highest BCUT2D eigenvalue weighted by molar-refractivity contribution is 5.93. The van der Waals surface area contributed by atoms with Gasteiger partial charge in [-0.25, -0.2) is 18.9 Å². The molecule has 1 aliphatic heterocycles. The van der Waals surface area contributed by atoms with Crippen molar-refractivity contribution in [1.29, 1.82) is 0 Å². The molecule has 12 heteroatoms. The molecule has 5 rings (SSSR count). The molecule has 4 aromatic heterocycles. The van der Waals surface area contributed by atoms with Gasteiger partial charge >= 0.3 is 6.18 Å². The molecule has 178 valence electrons. The average Bonchev–Trinajstić information content (AvgIpc) is 3.48. The first-order chi connectivity index (χ1) is 15.9. The summed E-state index contributed by atoms with van der Waals surface area (Å²) in [5.41, 5.74) is -1.23. The van der Waals surface area contributed by atoms with Gasteiger partial charge in [0.2, 0.25) is 11.7 Å². The first-order valence-corrected chi connectivity index (χ1v) is 10.5. The number of hydrogen-bond acceptors (Lipinski definition) is 5. The van der Waals surface area contributed by atoms with Crippen LogP contribution in [0, 0.1) is 6.92 Å². The largest absolute Gasteiger partial charge is 0.432 e. The average molecular weight is 476 g/mol. The Bertz CT molecular complexity index is 1390. The molecule has 0 saturated heterocycles. The van der Waals surface area contributed by atoms with E-state index in [0.717, 1.165) is 16.3 Å². The molecule has 0 aromatic carbocycles. The van der Waals surface area contributed by atoms with E-state index in [1.54, 1.807) is 0 Å². The zero-order chi connectivity index (χ0) is 24.4. The van der Waals surface area contributed by atoms with Crippen LogP contribution in [0.1, 0.15) is 64.7 Å². The van der Waals surface area contributed by atoms with Gasteiger partial charge in [0.25, 0.3) is 5.91 Å². The van der Waals surface area contributed by atoms with Crippen molar-refractivity contribution in [1.82, 2.24) is 29.5 Å². The molecule has 1 atom stereocenters. The first-order valence-electron chi connectivity index (χ1n) is 10.5. The number of hydrogen-bond donors (Lipinski definition) is 1. The van der Waals surface area contributed by atoms with E-state index in [-0.39, 0.29) is 35.1 Å². The Morgan fingerprint density at radius 2 is 2.03 bits per heavy atom. The van der Waals surface area contributed by atoms with E-state index >= 15 is 0 Å². The van der Waals surface area contributed by atoms with Crippen LogP contribution in [0.4, 0.5) is 17.6 Å². The molecule has 0 unspecified atom stereocenters. The lowest BCUT2D eigenvalue weighted by molar-refractivity contribution is -0.136. The summed E-state index contributed by atoms with van der Waals surface area (Å²) in [6.07, 6.45) is -1.27. The van der Waals surface area contributed by atoms with Crippen molar-refractivity contribution in [2.45, 2.75) is 45.1 Å². The number of alkyl halides is 4. The van der Waals surface area contributed by atoms with Crippen LogP contribution in [0.5, 0.6) is 0 Å². The third-order valence-electron chi connectivity index (χ3n) is 5.79. The van der Waals surface area contributed by atoms with Crippen molar-refractivity contribution >= 4 is 11.4 Å². The number of nitrogens with zero attached hydrogens (tertiary/aromatic N) is 5. The van der Waals surface area contributed by atoms with Gasteiger partial charge in [0.1, 0.15) is 6.04 Å². The van der Waals surface area contributed by atoms with Gasteiger partial charge in [-0.15, -0.1) is 0 Å². The number of aryl methyl sites for hydroxylation is 1. The van der Waals surface area contributed by atoms with E-state index in [1.807, 2.05) is 0 Å². The SMILES string of the molecule is Cc1nc(C(C)(C)F)oc1C(=O)N1CCc2[nH]cnc2[C@H]1c1cc2c(C(F)(F)F)cccn2n1. The van der Waals surface area contributed by atoms with E-state index < -0.39 is 29.4 Å². The standard InChI is InChI=1S/C22H20F4N6O2/c1-11-18(34-20(29-11)21(2,3)23)19(33)31-8-6-13-16(28-10-27-13)17(31)14-9-15-12(22(24,25)26)5-4-7-32(15)30-14/h4-5,7,9-10,17H,6,8H2,1-3H3,(H,27,28)/t17-/m1/s1. The van der Waals surface area contributed by atoms with Crippen LogP contribution in [0.25, 0.3) is 5.52 Å². The summed E-state index contributed by atoms with van der Waals surface area (Å²) in [5.74, 6) is -0.943. The number of carbonyl (C=O) groups is 1. The van der Waals surface area contributed by atoms with Gasteiger partial charge in [-0.2, -0.15) is 18.3 Å². The molecule has 8 nitrogen and oxygen atoms in total. The second-order valence-electron chi connectivity index (χ2n) is 8.64. The number of halogens is 4. The number of H-pyrrole nitrogens is 1. The number of carbonyl (C=O) groups excluding carboxylic acids is 1. The monoisotopic (exact) mass is 476 g/mol. The zero-order valence-corrected chi connectivity index (χ0v) is 18.4. The molecule has 1 N–H and O–H groups in total. The van der Waals surface area contributed by atoms with Crippen molar-refractivity contribution in [3.05, 3.63) is 70.7 Å². The Hall–Kier alpha value is -3.70. The number of aromatic amines is 1. The smallest absolute Gasteiger partial charge is 0.418 e. The first kappa shape index (κ1) is 22.1. The molecule has 0 fully saturated rings. The molecular formula is C22H20F4N6O2. The summed E-state index contributed by atoms with van der Waals surface area (Å²) < 4.78 is 61.7. The Kier molecular flexibility index (Phi) is 4.81. The van der Waals surface area contributed by atoms with Crippen molar-refractivity contribution in [2.24, 2.45) is 0 Å². The summed E-state index contributed by atoms with van der Waals surface area (Å²) in [6, 6.07) is 2.66. The lowest BCUT2D eigenvalue weighted by atomic mass is 9.99. The number of pyridine rings is 1. The lowest BCUT2D eigenvalue weighted by Gasteiger charge is -2.33. The fourth-order valence-corrected chi connectivity index (χ4v) is 4.18. The van der Waals surface area contributed by atoms with Gasteiger partial charge in [0, 0.05) is 24.9 Å². The van der Waals surface area contributed by atoms with Crippen LogP contribution in [-0.2, 0) is 18.3 Å². The maximum absolute atomic E-state index is 14.4. The number of oxazole rings is 1. The van der Waals surface area contributed by atoms with Crippen LogP contribution in [0.15, 0.2) is 35.1 Å². The van der Waals surface area contributed by atoms with Gasteiger partial charge in [0.05, 0.1) is 34.5 Å². The Morgan fingerprint density at radius 3 is 2.71 bits per heavy atom. The van der Waals surface area contributed by atoms with E-state index in [9.17, 15) is 22.4 Å². The summed E-state index contributed by atoms with van der Waals surface area (Å²) in [7, 11) is 0. The number of imidazole rings is 1. The molecule has 4 aromatic rings. The van der Waals surface area contributed by atoms with Crippen LogP contribution >= 0.6 is 0 Å². The van der Waals surface area contributed by atoms with Crippen LogP contribution in [0.2, 0.25) is 0 Å². The highest BCUT2D eigenvalue weighted by Gasteiger charge is 2.40. The number of fused-ring (bicyclic) bond motifs is 2. The van der Waals surface area contributed by atoms with Crippen LogP contribution < -0.4 is 0 Å². The van der Waals surface area contributed by atoms with E-state index in [4.69, 9.17) is 4.42 Å². The maximum atomic E-state index is 14.4. The number of rotatable bonds is 3. The topological polar surface area (TPSA) is 92.3 Å². The van der Waals surface area contributed by atoms with Gasteiger partial charge in [-0.05, 0) is 39.0 Å². The third kappa shape index (κ3) is 3.53. The van der Waals surface area contributed by atoms with Gasteiger partial charge < -0.3 is 14.3 Å². The third-order valence-corrected chi connectivity index (χ3v) is 5.79. The molecule has 1 aliphatic rings. The molecule has 34 heavy (non-hydrogen) atoms. The molecule has 0 saturated carbocycles. The maximum Gasteiger partial charge on any atom is 0.418 e. The van der Waals surface area contributed by atoms with Crippen molar-refractivity contribution in [2.75, 3.05) is 6.54 Å². The highest BCUT2D eigenvalue weighted by atomic mass is 19.4. The predicted octanol–water partition coefficient (Wildman–Crippen LogP) is 4.37. The second kappa shape index (κ2) is 7.40. The van der Waals surface area contributed by atoms with Crippen LogP contribution in [0.3, 0.4) is 0 Å². The number of aromatic nitrogens is 5. The van der Waals surface area contributed by atoms with E-state index in [0.29, 0.717) is 12.1 Å². The molecule has 1 amide bonds. The number of amides is 1. The Morgan fingerprint density at radius 1 is 1.26 bits per heavy atom. The molecular weight excluding hydrogens is 456 g/mol. The van der Waals surface area contributed by atoms with Crippen LogP contribution in [-0.4, -0.2) is 41.9 Å². The minimum absolute atomic E-state index is 0.135. The van der Waals surface area contributed by atoms with Crippen molar-refractivity contribution in [3.8, 4) is 0 Å². The summed E-state index contributed by atoms with van der Waals surface area (Å²) in [5, 5.41) is 4.34. The summed E-state index contributed by atoms with van der Waals surface area (Å²) in [6.45, 7) is 4.28. The van der Waals surface area contributed by atoms with Gasteiger partial charge in [0.15, 0.2) is 5.67 Å². The van der Waals surface area contributed by atoms with Crippen molar-refractivity contribution < 1.29 is 26.8 Å². The highest BCUT2D eigenvalue weighted by Crippen LogP contribution is 2.38. The molecule has 0 aliphatic carbocycles. The lowest BCUT2D eigenvalue weighted by Crippen LogP contribution is -2.41. The molecule has 0 bridgehead atoms. The molecule has 5 heterocycles. The minimum Gasteiger partial charge on any atom is -0.432 e. The zero-order valence-electron chi connectivity index (χ0n) is 18.4. The molecule has 0 spiro atoms. The fourth-order valence-electron chi connectivity index (χ4n) is 4.18. The molecule has 0 radical (unpaired) electrons. The fraction of sp³-hybridized carbons (Fsp3) is 0.364. The normalized spacial score (nSPS) is 16.8. The Balaban J connectivity index is 1.63. The predicted molar refractivity (Wildman–Crippen MR) is 111 cm³/mol. The van der Waals surface area contributed by atoms with E-state index in [1.165, 1.54) is 50.3 Å². The Labute approximate surface area is 190 Å². The van der Waals surface area contributed by atoms with E-state index in [2.05, 4.69) is 20.1 Å². The van der Waals surface area contributed by atoms with Gasteiger partial charge in [-0.3, -0.25) is 4.79 Å². The second-order valence-corrected chi connectivity index (χ2v) is 8.64. The minimum atomic E-state index is -4.58. The summed E-state index contributed by atoms with van der Waals surface area (Å²) >= 11 is 0. The number of nitrogens with one attached hydrogen (secondary N) is 1. The quantitative estimate of drug-likeness (QED) is 0.444. The summed E-state index contributed by atoms with van der Waals surface area (Å²) in [4.78, 5) is 26.3. The van der Waals surface area contributed by atoms with Crippen molar-refractivity contribution in [3.63, 3.8) is 0 Å².